The molecule has 1 atom stereocenters. The topological polar surface area (TPSA) is 12.0 Å². The fourth-order valence-corrected chi connectivity index (χ4v) is 3.87. The van der Waals surface area contributed by atoms with Crippen LogP contribution in [-0.2, 0) is 0 Å². The molecule has 0 amide bonds. The molecule has 1 heterocycles. The molecule has 106 valence electrons. The van der Waals surface area contributed by atoms with Crippen molar-refractivity contribution in [1.82, 2.24) is 0 Å². The van der Waals surface area contributed by atoms with Gasteiger partial charge < -0.3 is 5.32 Å². The minimum atomic E-state index is -0.538. The Morgan fingerprint density at radius 2 is 1.80 bits per heavy atom. The number of thiophene rings is 1. The Balaban J connectivity index is 1.85. The first-order valence-corrected chi connectivity index (χ1v) is 7.86. The number of nitrogens with one attached hydrogen (secondary N) is 1. The van der Waals surface area contributed by atoms with Gasteiger partial charge >= 0.3 is 0 Å². The average molecular weight is 293 g/mol. The lowest BCUT2D eigenvalue weighted by Crippen LogP contribution is -2.18. The molecular weight excluding hydrogens is 276 g/mol. The molecule has 1 aliphatic rings. The Hall–Kier alpha value is -1.42. The highest BCUT2D eigenvalue weighted by Gasteiger charge is 2.27. The SMILES string of the molecule is Fc1cc(F)cc(NC(c2cccs2)C2CCCC2)c1. The fraction of sp³-hybridized carbons (Fsp3) is 0.375. The third-order valence-electron chi connectivity index (χ3n) is 3.91. The zero-order valence-electron chi connectivity index (χ0n) is 11.1. The van der Waals surface area contributed by atoms with Crippen molar-refractivity contribution in [2.24, 2.45) is 5.92 Å². The molecule has 1 unspecified atom stereocenters. The average Bonchev–Trinajstić information content (AvgIpc) is 3.08. The fourth-order valence-electron chi connectivity index (χ4n) is 3.00. The van der Waals surface area contributed by atoms with Crippen LogP contribution in [0.4, 0.5) is 14.5 Å². The highest BCUT2D eigenvalue weighted by molar-refractivity contribution is 7.10. The molecule has 0 spiro atoms. The van der Waals surface area contributed by atoms with Gasteiger partial charge in [-0.1, -0.05) is 18.9 Å². The van der Waals surface area contributed by atoms with Crippen LogP contribution in [0.1, 0.15) is 36.6 Å². The maximum atomic E-state index is 13.3. The molecule has 1 fully saturated rings. The molecule has 0 bridgehead atoms. The van der Waals surface area contributed by atoms with Gasteiger partial charge in [0.05, 0.1) is 6.04 Å². The molecule has 0 aliphatic heterocycles. The van der Waals surface area contributed by atoms with E-state index in [0.717, 1.165) is 6.07 Å². The van der Waals surface area contributed by atoms with Crippen molar-refractivity contribution in [2.75, 3.05) is 5.32 Å². The van der Waals surface area contributed by atoms with Gasteiger partial charge in [0.25, 0.3) is 0 Å². The Kier molecular flexibility index (Phi) is 4.01. The summed E-state index contributed by atoms with van der Waals surface area (Å²) in [4.78, 5) is 1.24. The number of benzene rings is 1. The lowest BCUT2D eigenvalue weighted by molar-refractivity contribution is 0.474. The summed E-state index contributed by atoms with van der Waals surface area (Å²) in [6.45, 7) is 0. The number of anilines is 1. The molecule has 1 aliphatic carbocycles. The van der Waals surface area contributed by atoms with E-state index in [-0.39, 0.29) is 6.04 Å². The van der Waals surface area contributed by atoms with E-state index in [1.165, 1.54) is 42.7 Å². The minimum Gasteiger partial charge on any atom is -0.377 e. The molecule has 1 aromatic heterocycles. The van der Waals surface area contributed by atoms with Gasteiger partial charge in [0, 0.05) is 16.6 Å². The Morgan fingerprint density at radius 3 is 2.40 bits per heavy atom. The molecule has 20 heavy (non-hydrogen) atoms. The monoisotopic (exact) mass is 293 g/mol. The normalized spacial score (nSPS) is 17.3. The lowest BCUT2D eigenvalue weighted by atomic mass is 9.96. The second-order valence-electron chi connectivity index (χ2n) is 5.34. The Labute approximate surface area is 121 Å². The van der Waals surface area contributed by atoms with E-state index in [1.807, 2.05) is 11.4 Å². The van der Waals surface area contributed by atoms with Crippen LogP contribution in [0.2, 0.25) is 0 Å². The predicted octanol–water partition coefficient (Wildman–Crippen LogP) is 5.37. The second-order valence-corrected chi connectivity index (χ2v) is 6.32. The molecule has 2 aromatic rings. The first-order chi connectivity index (χ1) is 9.72. The maximum absolute atomic E-state index is 13.3. The summed E-state index contributed by atoms with van der Waals surface area (Å²) in [6, 6.07) is 7.89. The molecule has 4 heteroatoms. The van der Waals surface area contributed by atoms with E-state index in [4.69, 9.17) is 0 Å². The van der Waals surface area contributed by atoms with Crippen LogP contribution in [0, 0.1) is 17.6 Å². The van der Waals surface area contributed by atoms with Gasteiger partial charge in [-0.3, -0.25) is 0 Å². The quantitative estimate of drug-likeness (QED) is 0.799. The Bertz CT molecular complexity index is 542. The molecule has 3 rings (SSSR count). The number of hydrogen-bond donors (Lipinski definition) is 1. The second kappa shape index (κ2) is 5.92. The van der Waals surface area contributed by atoms with E-state index in [9.17, 15) is 8.78 Å². The summed E-state index contributed by atoms with van der Waals surface area (Å²) >= 11 is 1.70. The van der Waals surface area contributed by atoms with Gasteiger partial charge in [-0.25, -0.2) is 8.78 Å². The molecule has 0 radical (unpaired) electrons. The number of hydrogen-bond acceptors (Lipinski definition) is 2. The van der Waals surface area contributed by atoms with Crippen molar-refractivity contribution in [3.8, 4) is 0 Å². The van der Waals surface area contributed by atoms with E-state index >= 15 is 0 Å². The van der Waals surface area contributed by atoms with Gasteiger partial charge in [-0.05, 0) is 42.3 Å². The molecule has 1 aromatic carbocycles. The van der Waals surface area contributed by atoms with Crippen molar-refractivity contribution < 1.29 is 8.78 Å². The van der Waals surface area contributed by atoms with Gasteiger partial charge in [0.15, 0.2) is 0 Å². The van der Waals surface area contributed by atoms with Crippen molar-refractivity contribution in [3.63, 3.8) is 0 Å². The van der Waals surface area contributed by atoms with Crippen LogP contribution >= 0.6 is 11.3 Å². The molecule has 1 saturated carbocycles. The smallest absolute Gasteiger partial charge is 0.128 e. The summed E-state index contributed by atoms with van der Waals surface area (Å²) in [7, 11) is 0. The third-order valence-corrected chi connectivity index (χ3v) is 4.86. The molecule has 0 saturated heterocycles. The zero-order chi connectivity index (χ0) is 13.9. The van der Waals surface area contributed by atoms with Crippen LogP contribution in [0.25, 0.3) is 0 Å². The number of halogens is 2. The third kappa shape index (κ3) is 3.01. The van der Waals surface area contributed by atoms with Gasteiger partial charge in [0.2, 0.25) is 0 Å². The first-order valence-electron chi connectivity index (χ1n) is 6.98. The van der Waals surface area contributed by atoms with Crippen LogP contribution < -0.4 is 5.32 Å². The van der Waals surface area contributed by atoms with Gasteiger partial charge in [-0.15, -0.1) is 11.3 Å². The highest BCUT2D eigenvalue weighted by Crippen LogP contribution is 2.39. The van der Waals surface area contributed by atoms with Crippen LogP contribution in [-0.4, -0.2) is 0 Å². The summed E-state index contributed by atoms with van der Waals surface area (Å²) in [5.74, 6) is -0.535. The summed E-state index contributed by atoms with van der Waals surface area (Å²) in [5, 5.41) is 5.38. The van der Waals surface area contributed by atoms with E-state index in [0.29, 0.717) is 11.6 Å². The maximum Gasteiger partial charge on any atom is 0.128 e. The van der Waals surface area contributed by atoms with E-state index in [1.54, 1.807) is 11.3 Å². The summed E-state index contributed by atoms with van der Waals surface area (Å²) in [5.41, 5.74) is 0.521. The van der Waals surface area contributed by atoms with E-state index in [2.05, 4.69) is 11.4 Å². The predicted molar refractivity (Wildman–Crippen MR) is 79.0 cm³/mol. The van der Waals surface area contributed by atoms with Crippen molar-refractivity contribution in [1.29, 1.82) is 0 Å². The van der Waals surface area contributed by atoms with Gasteiger partial charge in [-0.2, -0.15) is 0 Å². The van der Waals surface area contributed by atoms with Gasteiger partial charge in [0.1, 0.15) is 11.6 Å². The molecule has 1 nitrogen and oxygen atoms in total. The molecule has 1 N–H and O–H groups in total. The highest BCUT2D eigenvalue weighted by atomic mass is 32.1. The van der Waals surface area contributed by atoms with Crippen molar-refractivity contribution in [2.45, 2.75) is 31.7 Å². The minimum absolute atomic E-state index is 0.152. The number of rotatable bonds is 4. The Morgan fingerprint density at radius 1 is 1.10 bits per heavy atom. The lowest BCUT2D eigenvalue weighted by Gasteiger charge is -2.25. The summed E-state index contributed by atoms with van der Waals surface area (Å²) in [6.07, 6.45) is 4.83. The largest absolute Gasteiger partial charge is 0.377 e. The van der Waals surface area contributed by atoms with Crippen LogP contribution in [0.5, 0.6) is 0 Å². The first kappa shape index (κ1) is 13.6. The van der Waals surface area contributed by atoms with Crippen molar-refractivity contribution >= 4 is 17.0 Å². The van der Waals surface area contributed by atoms with Crippen molar-refractivity contribution in [3.05, 3.63) is 52.2 Å². The standard InChI is InChI=1S/C16H17F2NS/c17-12-8-13(18)10-14(9-12)19-16(11-4-1-2-5-11)15-6-3-7-20-15/h3,6-11,16,19H,1-2,4-5H2. The van der Waals surface area contributed by atoms with E-state index < -0.39 is 11.6 Å². The van der Waals surface area contributed by atoms with Crippen LogP contribution in [0.15, 0.2) is 35.7 Å². The van der Waals surface area contributed by atoms with Crippen LogP contribution in [0.3, 0.4) is 0 Å². The summed E-state index contributed by atoms with van der Waals surface area (Å²) < 4.78 is 26.6. The zero-order valence-corrected chi connectivity index (χ0v) is 11.9. The molecular formula is C16H17F2NS.